The van der Waals surface area contributed by atoms with E-state index in [4.69, 9.17) is 19.7 Å². The minimum Gasteiger partial charge on any atom is -0.496 e. The van der Waals surface area contributed by atoms with Crippen molar-refractivity contribution in [3.63, 3.8) is 0 Å². The molecule has 0 spiro atoms. The highest BCUT2D eigenvalue weighted by Gasteiger charge is 2.62. The first-order valence-corrected chi connectivity index (χ1v) is 22.8. The minimum absolute atomic E-state index is 0.00833. The smallest absolute Gasteiger partial charge is 0.408 e. The molecule has 4 amide bonds. The predicted molar refractivity (Wildman–Crippen MR) is 225 cm³/mol. The molecule has 2 aromatic carbocycles. The van der Waals surface area contributed by atoms with Crippen molar-refractivity contribution in [1.29, 1.82) is 0 Å². The van der Waals surface area contributed by atoms with Gasteiger partial charge in [-0.15, -0.1) is 0 Å². The largest absolute Gasteiger partial charge is 0.496 e. The number of aryl methyl sites for hydroxylation is 1. The summed E-state index contributed by atoms with van der Waals surface area (Å²) < 4.78 is 39.7. The molecule has 0 unspecified atom stereocenters. The summed E-state index contributed by atoms with van der Waals surface area (Å²) in [4.78, 5) is 60.0. The molecule has 15 nitrogen and oxygen atoms in total. The van der Waals surface area contributed by atoms with E-state index in [-0.39, 0.29) is 25.3 Å². The molecule has 3 heterocycles. The fraction of sp³-hybridized carbons (Fsp3) is 0.591. The first-order valence-electron chi connectivity index (χ1n) is 21.2. The average molecular weight is 846 g/mol. The van der Waals surface area contributed by atoms with E-state index >= 15 is 0 Å². The van der Waals surface area contributed by atoms with Crippen molar-refractivity contribution in [2.75, 3.05) is 13.7 Å². The van der Waals surface area contributed by atoms with Crippen LogP contribution in [0.5, 0.6) is 5.75 Å². The molecule has 1 aromatic heterocycles. The second kappa shape index (κ2) is 16.5. The van der Waals surface area contributed by atoms with Crippen LogP contribution in [-0.4, -0.2) is 94.3 Å². The van der Waals surface area contributed by atoms with Gasteiger partial charge in [-0.2, -0.15) is 15.0 Å². The van der Waals surface area contributed by atoms with Crippen LogP contribution in [0.3, 0.4) is 0 Å². The third-order valence-corrected chi connectivity index (χ3v) is 14.3. The number of carbonyl (C=O) groups is 4. The third-order valence-electron chi connectivity index (χ3n) is 12.4. The van der Waals surface area contributed by atoms with Gasteiger partial charge in [0.05, 0.1) is 18.4 Å². The lowest BCUT2D eigenvalue weighted by Crippen LogP contribution is -2.60. The van der Waals surface area contributed by atoms with Crippen LogP contribution in [0.4, 0.5) is 4.79 Å². The fourth-order valence-electron chi connectivity index (χ4n) is 8.67. The Bertz CT molecular complexity index is 2230. The number of hydrogen-bond acceptors (Lipinski definition) is 10. The number of alkyl carbamates (subject to hydrolysis) is 1. The standard InChI is InChI=1S/C44H59N7O8S/c1-8-30-25-44(30,40(54)49-60(56,57)32-19-20-32)46-38(52)33-24-31-26-50(33)39(53)37(42(2,3)4)45-41(55)59-43(5,6)22-14-10-13-17-28-23-29(18-21-34(28)58-7)36-35(47-51(31)48-36)27-15-11-9-12-16-27/h9,11-12,15-16,18,21,23,30-33,37H,8,10,13-14,17,19-20,22,24-26H2,1-7H3,(H,45,55)(H,46,52)(H,49,54)/t30-,31-,33+,37-,44-/m1/s1. The van der Waals surface area contributed by atoms with Gasteiger partial charge in [-0.25, -0.2) is 13.2 Å². The van der Waals surface area contributed by atoms with Crippen molar-refractivity contribution in [2.45, 2.75) is 140 Å². The molecule has 0 radical (unpaired) electrons. The highest BCUT2D eigenvalue weighted by atomic mass is 32.2. The maximum absolute atomic E-state index is 14.9. The quantitative estimate of drug-likeness (QED) is 0.254. The normalized spacial score (nSPS) is 26.0. The summed E-state index contributed by atoms with van der Waals surface area (Å²) in [5, 5.41) is 15.3. The van der Waals surface area contributed by atoms with Crippen LogP contribution in [0.25, 0.3) is 22.5 Å². The molecule has 4 aliphatic rings. The molecule has 6 bridgehead atoms. The molecule has 324 valence electrons. The number of ether oxygens (including phenoxy) is 2. The molecule has 60 heavy (non-hydrogen) atoms. The lowest BCUT2D eigenvalue weighted by molar-refractivity contribution is -0.143. The molecule has 3 aromatic rings. The number of methoxy groups -OCH3 is 1. The number of sulfonamides is 1. The highest BCUT2D eigenvalue weighted by Crippen LogP contribution is 2.47. The summed E-state index contributed by atoms with van der Waals surface area (Å²) in [6, 6.07) is 12.8. The number of hydrogen-bond donors (Lipinski definition) is 3. The van der Waals surface area contributed by atoms with E-state index in [9.17, 15) is 27.6 Å². The third kappa shape index (κ3) is 9.03. The topological polar surface area (TPSA) is 191 Å². The number of carbonyl (C=O) groups excluding carboxylic acids is 4. The van der Waals surface area contributed by atoms with Crippen molar-refractivity contribution in [3.8, 4) is 28.3 Å². The van der Waals surface area contributed by atoms with Crippen LogP contribution in [-0.2, 0) is 35.6 Å². The zero-order valence-electron chi connectivity index (χ0n) is 35.7. The van der Waals surface area contributed by atoms with Crippen molar-refractivity contribution >= 4 is 33.8 Å². The second-order valence-corrected chi connectivity index (χ2v) is 20.6. The Balaban J connectivity index is 1.30. The molecule has 2 saturated carbocycles. The number of fused-ring (bicyclic) bond motifs is 8. The van der Waals surface area contributed by atoms with Gasteiger partial charge in [-0.3, -0.25) is 19.1 Å². The van der Waals surface area contributed by atoms with Crippen LogP contribution in [0.2, 0.25) is 0 Å². The number of rotatable bonds is 8. The van der Waals surface area contributed by atoms with Gasteiger partial charge in [0.2, 0.25) is 21.8 Å². The Labute approximate surface area is 352 Å². The first-order chi connectivity index (χ1) is 28.4. The molecule has 3 fully saturated rings. The van der Waals surface area contributed by atoms with Gasteiger partial charge in [-0.05, 0) is 93.9 Å². The number of benzene rings is 2. The second-order valence-electron chi connectivity index (χ2n) is 18.6. The minimum atomic E-state index is -3.89. The number of amides is 4. The highest BCUT2D eigenvalue weighted by molar-refractivity contribution is 7.91. The Hall–Kier alpha value is -4.99. The van der Waals surface area contributed by atoms with E-state index in [1.165, 1.54) is 4.90 Å². The Morgan fingerprint density at radius 1 is 1.00 bits per heavy atom. The van der Waals surface area contributed by atoms with Crippen molar-refractivity contribution in [2.24, 2.45) is 11.3 Å². The average Bonchev–Trinajstić information content (AvgIpc) is 4.08. The summed E-state index contributed by atoms with van der Waals surface area (Å²) >= 11 is 0. The van der Waals surface area contributed by atoms with Crippen LogP contribution >= 0.6 is 0 Å². The lowest BCUT2D eigenvalue weighted by Gasteiger charge is -2.36. The van der Waals surface area contributed by atoms with Crippen molar-refractivity contribution in [1.82, 2.24) is 35.2 Å². The SMILES string of the molecule is CC[C@@H]1C[C@]1(NC(=O)[C@@H]1C[C@@H]2CN1C(=O)[C@H](C(C)(C)C)NC(=O)OC(C)(C)CCCCCc1cc(ccc1OC)-c1nn2nc1-c1ccccc1)C(=O)NS(=O)(=O)C1CC1. The number of aromatic nitrogens is 3. The summed E-state index contributed by atoms with van der Waals surface area (Å²) in [6.45, 7) is 11.1. The molecule has 5 atom stereocenters. The van der Waals surface area contributed by atoms with E-state index in [0.29, 0.717) is 37.1 Å². The lowest BCUT2D eigenvalue weighted by atomic mass is 9.85. The van der Waals surface area contributed by atoms with Gasteiger partial charge >= 0.3 is 6.09 Å². The summed E-state index contributed by atoms with van der Waals surface area (Å²) in [5.74, 6) is -1.42. The van der Waals surface area contributed by atoms with Crippen LogP contribution in [0.1, 0.15) is 111 Å². The zero-order chi connectivity index (χ0) is 43.2. The van der Waals surface area contributed by atoms with Gasteiger partial charge in [0.25, 0.3) is 5.91 Å². The zero-order valence-corrected chi connectivity index (χ0v) is 36.6. The van der Waals surface area contributed by atoms with Gasteiger partial charge in [0.15, 0.2) is 0 Å². The molecule has 7 rings (SSSR count). The molecule has 16 heteroatoms. The Morgan fingerprint density at radius 2 is 1.70 bits per heavy atom. The fourth-order valence-corrected chi connectivity index (χ4v) is 10.0. The van der Waals surface area contributed by atoms with E-state index in [1.54, 1.807) is 11.9 Å². The molecular formula is C44H59N7O8S. The van der Waals surface area contributed by atoms with E-state index < -0.39 is 73.8 Å². The van der Waals surface area contributed by atoms with Gasteiger partial charge in [-0.1, -0.05) is 70.9 Å². The monoisotopic (exact) mass is 845 g/mol. The molecule has 3 N–H and O–H groups in total. The van der Waals surface area contributed by atoms with Gasteiger partial charge < -0.3 is 25.0 Å². The maximum atomic E-state index is 14.9. The van der Waals surface area contributed by atoms with Crippen LogP contribution in [0.15, 0.2) is 48.5 Å². The first kappa shape index (κ1) is 43.1. The summed E-state index contributed by atoms with van der Waals surface area (Å²) in [6.07, 6.45) is 4.97. The molecule has 2 aliphatic heterocycles. The van der Waals surface area contributed by atoms with Crippen molar-refractivity contribution in [3.05, 3.63) is 54.1 Å². The van der Waals surface area contributed by atoms with Crippen molar-refractivity contribution < 1.29 is 37.1 Å². The van der Waals surface area contributed by atoms with Crippen LogP contribution in [0, 0.1) is 11.3 Å². The molecule has 1 saturated heterocycles. The van der Waals surface area contributed by atoms with Gasteiger partial charge in [0, 0.05) is 24.1 Å². The summed E-state index contributed by atoms with van der Waals surface area (Å²) in [7, 11) is -2.24. The number of nitrogens with one attached hydrogen (secondary N) is 3. The number of nitrogens with zero attached hydrogens (tertiary/aromatic N) is 4. The predicted octanol–water partition coefficient (Wildman–Crippen LogP) is 5.69. The Kier molecular flexibility index (Phi) is 11.8. The Morgan fingerprint density at radius 3 is 2.33 bits per heavy atom. The maximum Gasteiger partial charge on any atom is 0.408 e. The van der Waals surface area contributed by atoms with E-state index in [0.717, 1.165) is 48.1 Å². The molecule has 2 aliphatic carbocycles. The summed E-state index contributed by atoms with van der Waals surface area (Å²) in [5.41, 5.74) is 0.841. The van der Waals surface area contributed by atoms with Crippen LogP contribution < -0.4 is 20.1 Å². The van der Waals surface area contributed by atoms with Gasteiger partial charge in [0.1, 0.15) is 40.4 Å². The van der Waals surface area contributed by atoms with E-state index in [1.807, 2.05) is 84.0 Å². The number of cyclic esters (lactones) is 1. The van der Waals surface area contributed by atoms with E-state index in [2.05, 4.69) is 21.4 Å². The molecular weight excluding hydrogens is 787 g/mol.